The van der Waals surface area contributed by atoms with Crippen LogP contribution in [0.4, 0.5) is 8.78 Å². The highest BCUT2D eigenvalue weighted by atomic mass is 19.3. The van der Waals surface area contributed by atoms with Gasteiger partial charge in [0, 0.05) is 0 Å². The van der Waals surface area contributed by atoms with Crippen molar-refractivity contribution < 1.29 is 13.5 Å². The maximum absolute atomic E-state index is 12.3. The lowest BCUT2D eigenvalue weighted by Gasteiger charge is -2.19. The van der Waals surface area contributed by atoms with Gasteiger partial charge >= 0.3 is 6.61 Å². The van der Waals surface area contributed by atoms with Crippen molar-refractivity contribution in [3.05, 3.63) is 64.7 Å². The van der Waals surface area contributed by atoms with Crippen LogP contribution in [0.25, 0.3) is 0 Å². The largest absolute Gasteiger partial charge is 0.435 e. The fourth-order valence-corrected chi connectivity index (χ4v) is 2.34. The molecule has 0 bridgehead atoms. The fraction of sp³-hybridized carbons (Fsp3) is 0.294. The lowest BCUT2D eigenvalue weighted by molar-refractivity contribution is -0.0498. The molecule has 0 saturated heterocycles. The minimum Gasteiger partial charge on any atom is -0.435 e. The molecule has 4 heteroatoms. The van der Waals surface area contributed by atoms with E-state index >= 15 is 0 Å². The third-order valence-electron chi connectivity index (χ3n) is 3.57. The first-order valence-electron chi connectivity index (χ1n) is 6.80. The average Bonchev–Trinajstić information content (AvgIpc) is 2.43. The Morgan fingerprint density at radius 1 is 0.952 bits per heavy atom. The third-order valence-corrected chi connectivity index (χ3v) is 3.57. The number of nitrogens with one attached hydrogen (secondary N) is 1. The molecule has 112 valence electrons. The zero-order valence-electron chi connectivity index (χ0n) is 12.4. The Balaban J connectivity index is 2.34. The number of benzene rings is 2. The van der Waals surface area contributed by atoms with Gasteiger partial charge in [-0.1, -0.05) is 30.3 Å². The monoisotopic (exact) mass is 291 g/mol. The maximum Gasteiger partial charge on any atom is 0.387 e. The van der Waals surface area contributed by atoms with Gasteiger partial charge in [-0.25, -0.2) is 0 Å². The Bertz CT molecular complexity index is 613. The molecule has 2 nitrogen and oxygen atoms in total. The van der Waals surface area contributed by atoms with E-state index in [1.807, 2.05) is 19.2 Å². The van der Waals surface area contributed by atoms with E-state index in [-0.39, 0.29) is 11.8 Å². The van der Waals surface area contributed by atoms with E-state index in [1.54, 1.807) is 12.1 Å². The molecule has 2 aromatic rings. The summed E-state index contributed by atoms with van der Waals surface area (Å²) < 4.78 is 29.1. The summed E-state index contributed by atoms with van der Waals surface area (Å²) in [6, 6.07) is 12.9. The van der Waals surface area contributed by atoms with E-state index in [0.29, 0.717) is 0 Å². The molecule has 0 heterocycles. The van der Waals surface area contributed by atoms with E-state index in [1.165, 1.54) is 17.2 Å². The standard InChI is InChI=1S/C17H19F2NO/c1-11-7-8-14(9-12(11)2)16(20-3)13-5-4-6-15(10-13)21-17(18)19/h4-10,16-17,20H,1-3H3. The Kier molecular flexibility index (Phi) is 4.91. The molecule has 0 fully saturated rings. The van der Waals surface area contributed by atoms with Gasteiger partial charge in [0.2, 0.25) is 0 Å². The zero-order chi connectivity index (χ0) is 15.4. The van der Waals surface area contributed by atoms with Gasteiger partial charge in [0.15, 0.2) is 0 Å². The summed E-state index contributed by atoms with van der Waals surface area (Å²) in [6.45, 7) is 1.31. The average molecular weight is 291 g/mol. The van der Waals surface area contributed by atoms with Crippen LogP contribution >= 0.6 is 0 Å². The molecular formula is C17H19F2NO. The van der Waals surface area contributed by atoms with E-state index < -0.39 is 6.61 Å². The smallest absolute Gasteiger partial charge is 0.387 e. The number of aryl methyl sites for hydroxylation is 2. The zero-order valence-corrected chi connectivity index (χ0v) is 12.4. The molecule has 0 aromatic heterocycles. The number of ether oxygens (including phenoxy) is 1. The van der Waals surface area contributed by atoms with Crippen LogP contribution in [-0.4, -0.2) is 13.7 Å². The molecule has 1 unspecified atom stereocenters. The van der Waals surface area contributed by atoms with Gasteiger partial charge in [-0.05, 0) is 55.3 Å². The molecule has 0 aliphatic rings. The number of hydrogen-bond donors (Lipinski definition) is 1. The minimum absolute atomic E-state index is 0.0643. The Morgan fingerprint density at radius 2 is 1.67 bits per heavy atom. The molecule has 21 heavy (non-hydrogen) atoms. The van der Waals surface area contributed by atoms with Gasteiger partial charge in [-0.2, -0.15) is 8.78 Å². The van der Waals surface area contributed by atoms with Crippen LogP contribution in [0.5, 0.6) is 5.75 Å². The summed E-state index contributed by atoms with van der Waals surface area (Å²) in [5.41, 5.74) is 4.41. The molecule has 1 N–H and O–H groups in total. The predicted octanol–water partition coefficient (Wildman–Crippen LogP) is 4.21. The molecular weight excluding hydrogens is 272 g/mol. The minimum atomic E-state index is -2.81. The lowest BCUT2D eigenvalue weighted by atomic mass is 9.95. The van der Waals surface area contributed by atoms with Crippen molar-refractivity contribution in [1.29, 1.82) is 0 Å². The predicted molar refractivity (Wildman–Crippen MR) is 79.9 cm³/mol. The Hall–Kier alpha value is -1.94. The van der Waals surface area contributed by atoms with Gasteiger partial charge in [0.25, 0.3) is 0 Å². The lowest BCUT2D eigenvalue weighted by Crippen LogP contribution is -2.18. The number of alkyl halides is 2. The first kappa shape index (κ1) is 15.4. The summed E-state index contributed by atoms with van der Waals surface area (Å²) in [5, 5.41) is 3.22. The Labute approximate surface area is 123 Å². The summed E-state index contributed by atoms with van der Waals surface area (Å²) in [7, 11) is 1.85. The van der Waals surface area contributed by atoms with Crippen molar-refractivity contribution in [2.45, 2.75) is 26.5 Å². The van der Waals surface area contributed by atoms with Crippen molar-refractivity contribution in [1.82, 2.24) is 5.32 Å². The van der Waals surface area contributed by atoms with Crippen molar-refractivity contribution in [2.75, 3.05) is 7.05 Å². The highest BCUT2D eigenvalue weighted by Gasteiger charge is 2.14. The van der Waals surface area contributed by atoms with Gasteiger partial charge in [-0.15, -0.1) is 0 Å². The molecule has 0 aliphatic carbocycles. The SMILES string of the molecule is CNC(c1cccc(OC(F)F)c1)c1ccc(C)c(C)c1. The van der Waals surface area contributed by atoms with Gasteiger partial charge in [-0.3, -0.25) is 0 Å². The van der Waals surface area contributed by atoms with Crippen molar-refractivity contribution in [3.63, 3.8) is 0 Å². The van der Waals surface area contributed by atoms with Crippen molar-refractivity contribution in [2.24, 2.45) is 0 Å². The number of rotatable bonds is 5. The second kappa shape index (κ2) is 6.68. The summed E-state index contributed by atoms with van der Waals surface area (Å²) >= 11 is 0. The van der Waals surface area contributed by atoms with Crippen LogP contribution in [0, 0.1) is 13.8 Å². The van der Waals surface area contributed by atoms with Crippen LogP contribution in [0.2, 0.25) is 0 Å². The van der Waals surface area contributed by atoms with E-state index in [2.05, 4.69) is 36.0 Å². The molecule has 0 aliphatic heterocycles. The van der Waals surface area contributed by atoms with E-state index in [9.17, 15) is 8.78 Å². The Morgan fingerprint density at radius 3 is 2.29 bits per heavy atom. The van der Waals surface area contributed by atoms with Gasteiger partial charge < -0.3 is 10.1 Å². The second-order valence-electron chi connectivity index (χ2n) is 5.02. The number of hydrogen-bond acceptors (Lipinski definition) is 2. The van der Waals surface area contributed by atoms with E-state index in [0.717, 1.165) is 11.1 Å². The second-order valence-corrected chi connectivity index (χ2v) is 5.02. The molecule has 0 saturated carbocycles. The quantitative estimate of drug-likeness (QED) is 0.891. The van der Waals surface area contributed by atoms with Crippen LogP contribution in [-0.2, 0) is 0 Å². The van der Waals surface area contributed by atoms with Crippen LogP contribution in [0.1, 0.15) is 28.3 Å². The topological polar surface area (TPSA) is 21.3 Å². The molecule has 2 aromatic carbocycles. The maximum atomic E-state index is 12.3. The molecule has 1 atom stereocenters. The van der Waals surface area contributed by atoms with Crippen LogP contribution in [0.3, 0.4) is 0 Å². The van der Waals surface area contributed by atoms with Crippen LogP contribution in [0.15, 0.2) is 42.5 Å². The molecule has 0 spiro atoms. The van der Waals surface area contributed by atoms with Gasteiger partial charge in [0.1, 0.15) is 5.75 Å². The molecule has 2 rings (SSSR count). The molecule has 0 radical (unpaired) electrons. The van der Waals surface area contributed by atoms with Gasteiger partial charge in [0.05, 0.1) is 6.04 Å². The summed E-state index contributed by atoms with van der Waals surface area (Å²) in [4.78, 5) is 0. The molecule has 0 amide bonds. The first-order valence-corrected chi connectivity index (χ1v) is 6.80. The highest BCUT2D eigenvalue weighted by Crippen LogP contribution is 2.27. The first-order chi connectivity index (χ1) is 10.0. The third kappa shape index (κ3) is 3.79. The normalized spacial score (nSPS) is 12.5. The van der Waals surface area contributed by atoms with E-state index in [4.69, 9.17) is 0 Å². The summed E-state index contributed by atoms with van der Waals surface area (Å²) in [5.74, 6) is 0.173. The summed E-state index contributed by atoms with van der Waals surface area (Å²) in [6.07, 6.45) is 0. The van der Waals surface area contributed by atoms with Crippen molar-refractivity contribution in [3.8, 4) is 5.75 Å². The fourth-order valence-electron chi connectivity index (χ4n) is 2.34. The van der Waals surface area contributed by atoms with Crippen molar-refractivity contribution >= 4 is 0 Å². The van der Waals surface area contributed by atoms with Crippen LogP contribution < -0.4 is 10.1 Å². The highest BCUT2D eigenvalue weighted by molar-refractivity contribution is 5.39. The number of halogens is 2.